The highest BCUT2D eigenvalue weighted by atomic mass is 16.5. The minimum absolute atomic E-state index is 0.354. The van der Waals surface area contributed by atoms with Gasteiger partial charge in [0.25, 0.3) is 0 Å². The van der Waals surface area contributed by atoms with Crippen molar-refractivity contribution in [1.82, 2.24) is 10.2 Å². The van der Waals surface area contributed by atoms with Crippen molar-refractivity contribution in [2.75, 3.05) is 27.3 Å². The highest BCUT2D eigenvalue weighted by Gasteiger charge is 2.37. The average molecular weight is 491 g/mol. The lowest BCUT2D eigenvalue weighted by Crippen LogP contribution is -2.32. The van der Waals surface area contributed by atoms with Crippen LogP contribution in [0.2, 0.25) is 0 Å². The molecular formula is C30H38N2O4. The highest BCUT2D eigenvalue weighted by Crippen LogP contribution is 2.39. The summed E-state index contributed by atoms with van der Waals surface area (Å²) in [7, 11) is 3.50. The molecule has 1 aliphatic heterocycles. The van der Waals surface area contributed by atoms with Crippen LogP contribution in [0.3, 0.4) is 0 Å². The smallest absolute Gasteiger partial charge is 0.336 e. The van der Waals surface area contributed by atoms with Gasteiger partial charge in [0.1, 0.15) is 0 Å². The first-order valence-electron chi connectivity index (χ1n) is 12.6. The fraction of sp³-hybridized carbons (Fsp3) is 0.400. The second-order valence-corrected chi connectivity index (χ2v) is 9.31. The Hall–Kier alpha value is -3.38. The van der Waals surface area contributed by atoms with E-state index in [1.54, 1.807) is 0 Å². The minimum atomic E-state index is -0.535. The van der Waals surface area contributed by atoms with E-state index in [1.807, 2.05) is 50.2 Å². The Kier molecular flexibility index (Phi) is 10.3. The molecule has 1 aliphatic rings. The van der Waals surface area contributed by atoms with Gasteiger partial charge in [0.15, 0.2) is 0 Å². The van der Waals surface area contributed by atoms with Gasteiger partial charge < -0.3 is 19.7 Å². The third-order valence-corrected chi connectivity index (χ3v) is 6.48. The molecule has 0 aliphatic carbocycles. The maximum absolute atomic E-state index is 13.2. The van der Waals surface area contributed by atoms with Crippen molar-refractivity contribution in [2.24, 2.45) is 0 Å². The molecule has 2 aromatic rings. The summed E-state index contributed by atoms with van der Waals surface area (Å²) >= 11 is 0. The summed E-state index contributed by atoms with van der Waals surface area (Å²) in [5, 5.41) is 3.17. The Bertz CT molecular complexity index is 1080. The normalized spacial score (nSPS) is 15.6. The lowest BCUT2D eigenvalue weighted by atomic mass is 9.80. The van der Waals surface area contributed by atoms with E-state index in [-0.39, 0.29) is 0 Å². The fourth-order valence-corrected chi connectivity index (χ4v) is 4.68. The van der Waals surface area contributed by atoms with Crippen molar-refractivity contribution in [3.63, 3.8) is 0 Å². The molecule has 36 heavy (non-hydrogen) atoms. The van der Waals surface area contributed by atoms with E-state index in [4.69, 9.17) is 9.47 Å². The fourth-order valence-electron chi connectivity index (χ4n) is 4.68. The molecular weight excluding hydrogens is 452 g/mol. The van der Waals surface area contributed by atoms with Crippen LogP contribution >= 0.6 is 0 Å². The van der Waals surface area contributed by atoms with Gasteiger partial charge in [0.2, 0.25) is 0 Å². The molecule has 0 saturated heterocycles. The lowest BCUT2D eigenvalue weighted by molar-refractivity contribution is -0.139. The number of allylic oxidation sites excluding steroid dienone is 2. The van der Waals surface area contributed by atoms with Gasteiger partial charge in [-0.1, -0.05) is 73.5 Å². The number of hydrogen-bond donors (Lipinski definition) is 1. The van der Waals surface area contributed by atoms with E-state index in [0.717, 1.165) is 44.3 Å². The van der Waals surface area contributed by atoms with Crippen molar-refractivity contribution in [3.8, 4) is 0 Å². The third-order valence-electron chi connectivity index (χ3n) is 6.48. The van der Waals surface area contributed by atoms with Crippen LogP contribution in [0.15, 0.2) is 83.2 Å². The number of carbonyl (C=O) groups excluding carboxylic acids is 2. The number of methoxy groups -OCH3 is 1. The van der Waals surface area contributed by atoms with Crippen LogP contribution < -0.4 is 5.32 Å². The molecule has 6 heteroatoms. The van der Waals surface area contributed by atoms with Gasteiger partial charge in [-0.3, -0.25) is 0 Å². The lowest BCUT2D eigenvalue weighted by Gasteiger charge is -2.30. The van der Waals surface area contributed by atoms with Gasteiger partial charge >= 0.3 is 11.9 Å². The summed E-state index contributed by atoms with van der Waals surface area (Å²) in [6, 6.07) is 20.0. The molecule has 0 spiro atoms. The Morgan fingerprint density at radius 3 is 2.06 bits per heavy atom. The maximum atomic E-state index is 13.2. The van der Waals surface area contributed by atoms with Crippen LogP contribution in [0.5, 0.6) is 0 Å². The largest absolute Gasteiger partial charge is 0.466 e. The molecule has 2 aromatic carbocycles. The summed E-state index contributed by atoms with van der Waals surface area (Å²) in [5.74, 6) is -1.39. The van der Waals surface area contributed by atoms with Crippen LogP contribution in [-0.4, -0.2) is 44.1 Å². The van der Waals surface area contributed by atoms with Crippen LogP contribution in [0, 0.1) is 0 Å². The first-order valence-corrected chi connectivity index (χ1v) is 12.6. The molecule has 192 valence electrons. The first kappa shape index (κ1) is 27.2. The van der Waals surface area contributed by atoms with Crippen molar-refractivity contribution >= 4 is 11.9 Å². The van der Waals surface area contributed by atoms with Crippen molar-refractivity contribution in [1.29, 1.82) is 0 Å². The zero-order valence-corrected chi connectivity index (χ0v) is 21.9. The second kappa shape index (κ2) is 13.6. The summed E-state index contributed by atoms with van der Waals surface area (Å²) in [4.78, 5) is 28.2. The zero-order valence-electron chi connectivity index (χ0n) is 21.9. The van der Waals surface area contributed by atoms with Crippen LogP contribution in [-0.2, 0) is 25.6 Å². The monoisotopic (exact) mass is 490 g/mol. The summed E-state index contributed by atoms with van der Waals surface area (Å²) in [6.45, 7) is 6.01. The quantitative estimate of drug-likeness (QED) is 0.320. The van der Waals surface area contributed by atoms with Gasteiger partial charge in [-0.05, 0) is 51.4 Å². The molecule has 1 heterocycles. The van der Waals surface area contributed by atoms with Crippen LogP contribution in [0.4, 0.5) is 0 Å². The minimum Gasteiger partial charge on any atom is -0.466 e. The first-order chi connectivity index (χ1) is 17.4. The van der Waals surface area contributed by atoms with Crippen molar-refractivity contribution in [2.45, 2.75) is 52.0 Å². The predicted octanol–water partition coefficient (Wildman–Crippen LogP) is 5.33. The van der Waals surface area contributed by atoms with E-state index in [1.165, 1.54) is 12.7 Å². The number of esters is 2. The number of ether oxygens (including phenoxy) is 2. The number of dihydropyridines is 1. The average Bonchev–Trinajstić information content (AvgIpc) is 2.88. The molecule has 0 amide bonds. The van der Waals surface area contributed by atoms with Gasteiger partial charge in [-0.25, -0.2) is 9.59 Å². The molecule has 3 rings (SSSR count). The summed E-state index contributed by atoms with van der Waals surface area (Å²) < 4.78 is 10.7. The number of nitrogens with one attached hydrogen (secondary N) is 1. The zero-order chi connectivity index (χ0) is 25.9. The number of carbonyl (C=O) groups is 2. The number of hydrogen-bond acceptors (Lipinski definition) is 6. The molecule has 1 unspecified atom stereocenters. The SMILES string of the molecule is COC(=O)C1=C(C)NC(C)=C(C(=O)OCCCCCCN(C)Cc2ccccc2)C1c1ccccc1. The molecule has 0 radical (unpaired) electrons. The maximum Gasteiger partial charge on any atom is 0.336 e. The molecule has 6 nitrogen and oxygen atoms in total. The number of rotatable bonds is 12. The Morgan fingerprint density at radius 1 is 0.833 bits per heavy atom. The van der Waals surface area contributed by atoms with Gasteiger partial charge in [0.05, 0.1) is 30.8 Å². The summed E-state index contributed by atoms with van der Waals surface area (Å²) in [6.07, 6.45) is 4.00. The Balaban J connectivity index is 1.51. The second-order valence-electron chi connectivity index (χ2n) is 9.31. The molecule has 1 N–H and O–H groups in total. The number of unbranched alkanes of at least 4 members (excludes halogenated alkanes) is 3. The van der Waals surface area contributed by atoms with Gasteiger partial charge in [-0.2, -0.15) is 0 Å². The van der Waals surface area contributed by atoms with E-state index in [9.17, 15) is 9.59 Å². The van der Waals surface area contributed by atoms with E-state index in [0.29, 0.717) is 29.1 Å². The predicted molar refractivity (Wildman–Crippen MR) is 142 cm³/mol. The molecule has 0 aromatic heterocycles. The standard InChI is InChI=1S/C30H38N2O4/c1-22-26(29(33)35-4)28(25-17-11-8-12-18-25)27(23(2)31-22)30(34)36-20-14-6-5-13-19-32(3)21-24-15-9-7-10-16-24/h7-12,15-18,28,31H,5-6,13-14,19-21H2,1-4H3. The van der Waals surface area contributed by atoms with E-state index in [2.05, 4.69) is 41.5 Å². The van der Waals surface area contributed by atoms with E-state index < -0.39 is 17.9 Å². The molecule has 1 atom stereocenters. The third kappa shape index (κ3) is 7.31. The van der Waals surface area contributed by atoms with E-state index >= 15 is 0 Å². The topological polar surface area (TPSA) is 67.9 Å². The number of nitrogens with zero attached hydrogens (tertiary/aromatic N) is 1. The van der Waals surface area contributed by atoms with Gasteiger partial charge in [-0.15, -0.1) is 0 Å². The molecule has 0 fully saturated rings. The summed E-state index contributed by atoms with van der Waals surface area (Å²) in [5.41, 5.74) is 4.44. The van der Waals surface area contributed by atoms with Crippen LogP contribution in [0.25, 0.3) is 0 Å². The Morgan fingerprint density at radius 2 is 1.42 bits per heavy atom. The molecule has 0 saturated carbocycles. The Labute approximate surface area is 215 Å². The van der Waals surface area contributed by atoms with Crippen molar-refractivity contribution in [3.05, 3.63) is 94.3 Å². The number of benzene rings is 2. The molecule has 0 bridgehead atoms. The van der Waals surface area contributed by atoms with Gasteiger partial charge in [0, 0.05) is 17.9 Å². The van der Waals surface area contributed by atoms with Crippen LogP contribution in [0.1, 0.15) is 56.6 Å². The highest BCUT2D eigenvalue weighted by molar-refractivity contribution is 5.99. The van der Waals surface area contributed by atoms with Crippen molar-refractivity contribution < 1.29 is 19.1 Å².